The first-order valence-corrected chi connectivity index (χ1v) is 6.30. The molecule has 5 nitrogen and oxygen atoms in total. The summed E-state index contributed by atoms with van der Waals surface area (Å²) in [5, 5.41) is 15.1. The van der Waals surface area contributed by atoms with Gasteiger partial charge in [0.2, 0.25) is 0 Å². The molecule has 0 bridgehead atoms. The molecule has 118 valence electrons. The Bertz CT molecular complexity index is 334. The molecule has 20 heavy (non-hydrogen) atoms. The molecule has 0 aromatic heterocycles. The molecule has 4 N–H and O–H groups in total. The van der Waals surface area contributed by atoms with Gasteiger partial charge in [0.1, 0.15) is 0 Å². The lowest BCUT2D eigenvalue weighted by Gasteiger charge is -2.04. The van der Waals surface area contributed by atoms with Gasteiger partial charge < -0.3 is 20.4 Å². The van der Waals surface area contributed by atoms with Crippen molar-refractivity contribution in [3.63, 3.8) is 0 Å². The number of aliphatic hydroxyl groups excluding tert-OH is 2. The Labute approximate surface area is 121 Å². The Morgan fingerprint density at radius 2 is 1.70 bits per heavy atom. The van der Waals surface area contributed by atoms with Crippen LogP contribution in [0, 0.1) is 6.92 Å². The van der Waals surface area contributed by atoms with Gasteiger partial charge in [-0.05, 0) is 38.8 Å². The maximum Gasteiger partial charge on any atom is 0.310 e. The lowest BCUT2D eigenvalue weighted by Crippen LogP contribution is -2.08. The number of benzene rings is 1. The van der Waals surface area contributed by atoms with Crippen LogP contribution in [0.1, 0.15) is 31.9 Å². The monoisotopic (exact) mass is 288 g/mol. The van der Waals surface area contributed by atoms with E-state index in [4.69, 9.17) is 14.9 Å². The highest BCUT2D eigenvalue weighted by molar-refractivity contribution is 5.72. The highest BCUT2D eigenvalue weighted by Gasteiger charge is 2.04. The predicted molar refractivity (Wildman–Crippen MR) is 80.6 cm³/mol. The number of hydrogen-bond donors (Lipinski definition) is 2. The number of aryl methyl sites for hydroxylation is 1. The van der Waals surface area contributed by atoms with E-state index < -0.39 is 0 Å². The highest BCUT2D eigenvalue weighted by Crippen LogP contribution is 2.08. The van der Waals surface area contributed by atoms with Crippen LogP contribution in [0.25, 0.3) is 0 Å². The summed E-state index contributed by atoms with van der Waals surface area (Å²) in [6.07, 6.45) is 0.209. The van der Waals surface area contributed by atoms with E-state index in [1.54, 1.807) is 13.8 Å². The quantitative estimate of drug-likeness (QED) is 0.818. The summed E-state index contributed by atoms with van der Waals surface area (Å²) in [7, 11) is 1.00. The van der Waals surface area contributed by atoms with E-state index in [0.29, 0.717) is 13.0 Å². The second-order valence-corrected chi connectivity index (χ2v) is 4.00. The number of aliphatic hydroxyl groups is 2. The van der Waals surface area contributed by atoms with Crippen molar-refractivity contribution in [1.82, 2.24) is 0 Å². The molecule has 0 unspecified atom stereocenters. The van der Waals surface area contributed by atoms with Crippen LogP contribution < -0.4 is 0 Å². The first-order valence-electron chi connectivity index (χ1n) is 6.30. The minimum atomic E-state index is -0.167. The number of carbonyl (C=O) groups is 1. The number of rotatable bonds is 3. The number of esters is 1. The van der Waals surface area contributed by atoms with Gasteiger partial charge in [-0.15, -0.1) is 0 Å². The zero-order valence-corrected chi connectivity index (χ0v) is 13.0. The molecule has 0 saturated heterocycles. The first kappa shape index (κ1) is 23.6. The fraction of sp³-hybridized carbons (Fsp3) is 0.533. The van der Waals surface area contributed by atoms with Gasteiger partial charge in [0.25, 0.3) is 0 Å². The van der Waals surface area contributed by atoms with E-state index in [9.17, 15) is 4.79 Å². The van der Waals surface area contributed by atoms with Crippen LogP contribution in [-0.4, -0.2) is 41.5 Å². The molecular formula is C15H28O5. The molecule has 0 saturated carbocycles. The van der Waals surface area contributed by atoms with Crippen molar-refractivity contribution in [3.05, 3.63) is 35.4 Å². The van der Waals surface area contributed by atoms with Crippen LogP contribution in [0.3, 0.4) is 0 Å². The van der Waals surface area contributed by atoms with Gasteiger partial charge in [-0.1, -0.05) is 24.3 Å². The third-order valence-electron chi connectivity index (χ3n) is 1.90. The van der Waals surface area contributed by atoms with Gasteiger partial charge in [-0.2, -0.15) is 0 Å². The third-order valence-corrected chi connectivity index (χ3v) is 1.90. The smallest absolute Gasteiger partial charge is 0.310 e. The van der Waals surface area contributed by atoms with Crippen molar-refractivity contribution < 1.29 is 25.2 Å². The maximum absolute atomic E-state index is 11.1. The van der Waals surface area contributed by atoms with Crippen LogP contribution in [0.5, 0.6) is 0 Å². The summed E-state index contributed by atoms with van der Waals surface area (Å²) >= 11 is 0. The normalized spacial score (nSPS) is 8.40. The minimum absolute atomic E-state index is 0. The molecule has 1 aromatic carbocycles. The van der Waals surface area contributed by atoms with E-state index in [-0.39, 0.29) is 17.5 Å². The minimum Gasteiger partial charge on any atom is -0.466 e. The van der Waals surface area contributed by atoms with Gasteiger partial charge >= 0.3 is 5.97 Å². The van der Waals surface area contributed by atoms with E-state index in [1.165, 1.54) is 0 Å². The predicted octanol–water partition coefficient (Wildman–Crippen LogP) is 1.27. The first-order chi connectivity index (χ1) is 8.97. The Kier molecular flexibility index (Phi) is 18.5. The van der Waals surface area contributed by atoms with Crippen molar-refractivity contribution in [2.24, 2.45) is 0 Å². The summed E-state index contributed by atoms with van der Waals surface area (Å²) < 4.78 is 4.86. The fourth-order valence-corrected chi connectivity index (χ4v) is 1.18. The molecule has 1 aromatic rings. The highest BCUT2D eigenvalue weighted by atomic mass is 16.5. The van der Waals surface area contributed by atoms with Crippen molar-refractivity contribution >= 4 is 5.97 Å². The SMILES string of the molecule is CC(C)O.CCOC(=O)Cc1ccccc1C.CO.O. The van der Waals surface area contributed by atoms with Crippen LogP contribution in [0.2, 0.25) is 0 Å². The van der Waals surface area contributed by atoms with E-state index >= 15 is 0 Å². The molecular weight excluding hydrogens is 260 g/mol. The van der Waals surface area contributed by atoms with Crippen LogP contribution in [-0.2, 0) is 16.0 Å². The average Bonchev–Trinajstić information content (AvgIpc) is 2.34. The zero-order valence-electron chi connectivity index (χ0n) is 13.0. The van der Waals surface area contributed by atoms with E-state index in [2.05, 4.69) is 0 Å². The van der Waals surface area contributed by atoms with Gasteiger partial charge in [-0.25, -0.2) is 0 Å². The molecule has 0 fully saturated rings. The topological polar surface area (TPSA) is 98.3 Å². The lowest BCUT2D eigenvalue weighted by molar-refractivity contribution is -0.142. The summed E-state index contributed by atoms with van der Waals surface area (Å²) in [4.78, 5) is 11.1. The van der Waals surface area contributed by atoms with Crippen molar-refractivity contribution in [3.8, 4) is 0 Å². The second-order valence-electron chi connectivity index (χ2n) is 4.00. The van der Waals surface area contributed by atoms with Crippen LogP contribution in [0.4, 0.5) is 0 Å². The molecule has 0 aliphatic heterocycles. The average molecular weight is 288 g/mol. The maximum atomic E-state index is 11.1. The van der Waals surface area contributed by atoms with Crippen LogP contribution in [0.15, 0.2) is 24.3 Å². The van der Waals surface area contributed by atoms with Crippen molar-refractivity contribution in [2.75, 3.05) is 13.7 Å². The summed E-state index contributed by atoms with van der Waals surface area (Å²) in [6, 6.07) is 7.84. The van der Waals surface area contributed by atoms with Gasteiger partial charge in [0, 0.05) is 13.2 Å². The standard InChI is InChI=1S/C11H14O2.C3H8O.CH4O.H2O/c1-3-13-11(12)8-10-7-5-4-6-9(10)2;1-3(2)4;1-2;/h4-7H,3,8H2,1-2H3;3-4H,1-2H3;2H,1H3;1H2. The lowest BCUT2D eigenvalue weighted by atomic mass is 10.1. The molecule has 0 spiro atoms. The molecule has 0 aliphatic rings. The molecule has 5 heteroatoms. The summed E-state index contributed by atoms with van der Waals surface area (Å²) in [6.45, 7) is 7.70. The van der Waals surface area contributed by atoms with Gasteiger partial charge in [0.15, 0.2) is 0 Å². The van der Waals surface area contributed by atoms with E-state index in [0.717, 1.165) is 18.2 Å². The summed E-state index contributed by atoms with van der Waals surface area (Å²) in [5.74, 6) is -0.156. The van der Waals surface area contributed by atoms with Crippen molar-refractivity contribution in [1.29, 1.82) is 0 Å². The Morgan fingerprint density at radius 1 is 1.25 bits per heavy atom. The van der Waals surface area contributed by atoms with Crippen LogP contribution >= 0.6 is 0 Å². The van der Waals surface area contributed by atoms with E-state index in [1.807, 2.05) is 38.1 Å². The summed E-state index contributed by atoms with van der Waals surface area (Å²) in [5.41, 5.74) is 2.18. The van der Waals surface area contributed by atoms with Gasteiger partial charge in [-0.3, -0.25) is 4.79 Å². The molecule has 0 radical (unpaired) electrons. The molecule has 0 atom stereocenters. The number of carbonyl (C=O) groups excluding carboxylic acids is 1. The number of hydrogen-bond acceptors (Lipinski definition) is 4. The molecule has 1 rings (SSSR count). The zero-order chi connectivity index (χ0) is 15.3. The van der Waals surface area contributed by atoms with Crippen molar-refractivity contribution in [2.45, 2.75) is 40.2 Å². The molecule has 0 heterocycles. The molecule has 0 amide bonds. The Hall–Kier alpha value is -1.43. The number of ether oxygens (including phenoxy) is 1. The molecule has 0 aliphatic carbocycles. The largest absolute Gasteiger partial charge is 0.466 e. The second kappa shape index (κ2) is 15.6. The third kappa shape index (κ3) is 14.6. The van der Waals surface area contributed by atoms with Gasteiger partial charge in [0.05, 0.1) is 13.0 Å². The Morgan fingerprint density at radius 3 is 2.10 bits per heavy atom. The Balaban J connectivity index is -0.000000357. The fourth-order valence-electron chi connectivity index (χ4n) is 1.18.